The molecule has 0 aliphatic rings. The molecular weight excluding hydrogens is 332 g/mol. The van der Waals surface area contributed by atoms with E-state index in [1.54, 1.807) is 0 Å². The van der Waals surface area contributed by atoms with E-state index in [2.05, 4.69) is 57.0 Å². The van der Waals surface area contributed by atoms with E-state index in [1.165, 1.54) is 5.56 Å². The number of fused-ring (bicyclic) bond motifs is 1. The van der Waals surface area contributed by atoms with Crippen LogP contribution >= 0.6 is 31.9 Å². The Bertz CT molecular complexity index is 535. The van der Waals surface area contributed by atoms with Gasteiger partial charge in [-0.15, -0.1) is 0 Å². The zero-order chi connectivity index (χ0) is 11.7. The second kappa shape index (κ2) is 4.76. The first-order chi connectivity index (χ1) is 7.63. The lowest BCUT2D eigenvalue weighted by atomic mass is 10.0. The fourth-order valence-electron chi connectivity index (χ4n) is 1.81. The van der Waals surface area contributed by atoms with Crippen LogP contribution in [0, 0.1) is 0 Å². The maximum absolute atomic E-state index is 9.78. The Morgan fingerprint density at radius 1 is 1.19 bits per heavy atom. The Morgan fingerprint density at radius 2 is 1.94 bits per heavy atom. The summed E-state index contributed by atoms with van der Waals surface area (Å²) >= 11 is 6.77. The Morgan fingerprint density at radius 3 is 2.62 bits per heavy atom. The molecule has 0 atom stereocenters. The molecule has 0 radical (unpaired) electrons. The number of hydrogen-bond donors (Lipinski definition) is 1. The summed E-state index contributed by atoms with van der Waals surface area (Å²) < 4.78 is 1.47. The number of phenolic OH excluding ortho intramolecular Hbond substituents is 1. The van der Waals surface area contributed by atoms with E-state index in [1.807, 2.05) is 6.07 Å². The SMILES string of the molecule is CCCc1ccc2c(Br)c(O)c(Br)cc2c1. The molecule has 0 heterocycles. The highest BCUT2D eigenvalue weighted by molar-refractivity contribution is 9.11. The summed E-state index contributed by atoms with van der Waals surface area (Å²) in [6.45, 7) is 2.17. The van der Waals surface area contributed by atoms with Gasteiger partial charge in [-0.05, 0) is 60.7 Å². The van der Waals surface area contributed by atoms with E-state index < -0.39 is 0 Å². The Labute approximate surface area is 112 Å². The predicted octanol–water partition coefficient (Wildman–Crippen LogP) is 5.02. The summed E-state index contributed by atoms with van der Waals surface area (Å²) in [6.07, 6.45) is 2.23. The maximum Gasteiger partial charge on any atom is 0.144 e. The third kappa shape index (κ3) is 2.11. The van der Waals surface area contributed by atoms with Gasteiger partial charge < -0.3 is 5.11 Å². The summed E-state index contributed by atoms with van der Waals surface area (Å²) in [5, 5.41) is 12.0. The van der Waals surface area contributed by atoms with Crippen molar-refractivity contribution in [2.24, 2.45) is 0 Å². The monoisotopic (exact) mass is 342 g/mol. The van der Waals surface area contributed by atoms with Gasteiger partial charge in [0.15, 0.2) is 0 Å². The first-order valence-corrected chi connectivity index (χ1v) is 6.81. The second-order valence-corrected chi connectivity index (χ2v) is 5.47. The lowest BCUT2D eigenvalue weighted by Gasteiger charge is -2.07. The first kappa shape index (κ1) is 11.9. The number of rotatable bonds is 2. The van der Waals surface area contributed by atoms with Gasteiger partial charge in [-0.3, -0.25) is 0 Å². The van der Waals surface area contributed by atoms with E-state index >= 15 is 0 Å². The van der Waals surface area contributed by atoms with Crippen molar-refractivity contribution in [3.05, 3.63) is 38.8 Å². The molecule has 0 aliphatic heterocycles. The number of aromatic hydroxyl groups is 1. The molecule has 84 valence electrons. The molecule has 0 aliphatic carbocycles. The van der Waals surface area contributed by atoms with Gasteiger partial charge in [0.05, 0.1) is 8.95 Å². The third-order valence-corrected chi connectivity index (χ3v) is 4.01. The van der Waals surface area contributed by atoms with E-state index in [4.69, 9.17) is 0 Å². The summed E-state index contributed by atoms with van der Waals surface area (Å²) in [5.74, 6) is 0.260. The molecule has 0 saturated carbocycles. The normalized spacial score (nSPS) is 10.9. The lowest BCUT2D eigenvalue weighted by molar-refractivity contribution is 0.469. The molecule has 3 heteroatoms. The van der Waals surface area contributed by atoms with Crippen molar-refractivity contribution in [1.29, 1.82) is 0 Å². The quantitative estimate of drug-likeness (QED) is 0.811. The van der Waals surface area contributed by atoms with Crippen molar-refractivity contribution in [3.63, 3.8) is 0 Å². The molecule has 2 rings (SSSR count). The van der Waals surface area contributed by atoms with Gasteiger partial charge in [-0.25, -0.2) is 0 Å². The number of aryl methyl sites for hydroxylation is 1. The zero-order valence-electron chi connectivity index (χ0n) is 8.93. The second-order valence-electron chi connectivity index (χ2n) is 3.83. The Balaban J connectivity index is 2.66. The average molecular weight is 344 g/mol. The molecule has 2 aromatic rings. The largest absolute Gasteiger partial charge is 0.506 e. The van der Waals surface area contributed by atoms with Crippen molar-refractivity contribution < 1.29 is 5.11 Å². The van der Waals surface area contributed by atoms with Crippen LogP contribution in [0.5, 0.6) is 5.75 Å². The van der Waals surface area contributed by atoms with Gasteiger partial charge >= 0.3 is 0 Å². The van der Waals surface area contributed by atoms with Gasteiger partial charge in [-0.2, -0.15) is 0 Å². The number of hydrogen-bond acceptors (Lipinski definition) is 1. The van der Waals surface area contributed by atoms with Crippen molar-refractivity contribution >= 4 is 42.6 Å². The van der Waals surface area contributed by atoms with Crippen LogP contribution in [0.25, 0.3) is 10.8 Å². The highest BCUT2D eigenvalue weighted by Gasteiger charge is 2.08. The minimum absolute atomic E-state index is 0.260. The highest BCUT2D eigenvalue weighted by Crippen LogP contribution is 2.38. The van der Waals surface area contributed by atoms with Crippen LogP contribution < -0.4 is 0 Å². The number of benzene rings is 2. The molecule has 0 bridgehead atoms. The zero-order valence-corrected chi connectivity index (χ0v) is 12.1. The summed E-state index contributed by atoms with van der Waals surface area (Å²) in [7, 11) is 0. The number of phenols is 1. The Hall–Kier alpha value is -0.540. The third-order valence-electron chi connectivity index (χ3n) is 2.61. The summed E-state index contributed by atoms with van der Waals surface area (Å²) in [6, 6.07) is 8.29. The average Bonchev–Trinajstić information content (AvgIpc) is 2.26. The molecule has 0 aromatic heterocycles. The van der Waals surface area contributed by atoms with Crippen LogP contribution in [-0.2, 0) is 6.42 Å². The van der Waals surface area contributed by atoms with Crippen LogP contribution in [-0.4, -0.2) is 5.11 Å². The fourth-order valence-corrected chi connectivity index (χ4v) is 3.10. The van der Waals surface area contributed by atoms with Gasteiger partial charge in [0.1, 0.15) is 5.75 Å². The van der Waals surface area contributed by atoms with Crippen LogP contribution in [0.1, 0.15) is 18.9 Å². The van der Waals surface area contributed by atoms with Gasteiger partial charge in [0.2, 0.25) is 0 Å². The van der Waals surface area contributed by atoms with E-state index in [0.717, 1.165) is 32.6 Å². The molecular formula is C13H12Br2O. The molecule has 0 unspecified atom stereocenters. The van der Waals surface area contributed by atoms with Crippen molar-refractivity contribution in [2.45, 2.75) is 19.8 Å². The molecule has 0 fully saturated rings. The van der Waals surface area contributed by atoms with Gasteiger partial charge in [-0.1, -0.05) is 31.5 Å². The minimum Gasteiger partial charge on any atom is -0.506 e. The lowest BCUT2D eigenvalue weighted by Crippen LogP contribution is -1.84. The van der Waals surface area contributed by atoms with Crippen molar-refractivity contribution in [3.8, 4) is 5.75 Å². The van der Waals surface area contributed by atoms with Crippen LogP contribution in [0.4, 0.5) is 0 Å². The number of halogens is 2. The van der Waals surface area contributed by atoms with Crippen LogP contribution in [0.15, 0.2) is 33.2 Å². The minimum atomic E-state index is 0.260. The smallest absolute Gasteiger partial charge is 0.144 e. The van der Waals surface area contributed by atoms with Gasteiger partial charge in [0, 0.05) is 0 Å². The fraction of sp³-hybridized carbons (Fsp3) is 0.231. The first-order valence-electron chi connectivity index (χ1n) is 5.23. The molecule has 1 nitrogen and oxygen atoms in total. The molecule has 2 aromatic carbocycles. The van der Waals surface area contributed by atoms with E-state index in [-0.39, 0.29) is 5.75 Å². The summed E-state index contributed by atoms with van der Waals surface area (Å²) in [5.41, 5.74) is 1.33. The topological polar surface area (TPSA) is 20.2 Å². The maximum atomic E-state index is 9.78. The van der Waals surface area contributed by atoms with E-state index in [9.17, 15) is 5.11 Å². The highest BCUT2D eigenvalue weighted by atomic mass is 79.9. The molecule has 0 spiro atoms. The molecule has 0 saturated heterocycles. The standard InChI is InChI=1S/C13H12Br2O/c1-2-3-8-4-5-10-9(6-8)7-11(14)13(16)12(10)15/h4-7,16H,2-3H2,1H3. The predicted molar refractivity (Wildman–Crippen MR) is 75.0 cm³/mol. The van der Waals surface area contributed by atoms with Gasteiger partial charge in [0.25, 0.3) is 0 Å². The van der Waals surface area contributed by atoms with Crippen LogP contribution in [0.3, 0.4) is 0 Å². The summed E-state index contributed by atoms with van der Waals surface area (Å²) in [4.78, 5) is 0. The molecule has 16 heavy (non-hydrogen) atoms. The molecule has 0 amide bonds. The van der Waals surface area contributed by atoms with E-state index in [0.29, 0.717) is 0 Å². The van der Waals surface area contributed by atoms with Crippen molar-refractivity contribution in [1.82, 2.24) is 0 Å². The Kier molecular flexibility index (Phi) is 3.55. The molecule has 1 N–H and O–H groups in total. The van der Waals surface area contributed by atoms with Crippen molar-refractivity contribution in [2.75, 3.05) is 0 Å². The van der Waals surface area contributed by atoms with Crippen LogP contribution in [0.2, 0.25) is 0 Å².